The van der Waals surface area contributed by atoms with Gasteiger partial charge in [-0.25, -0.2) is 4.98 Å². The van der Waals surface area contributed by atoms with E-state index in [4.69, 9.17) is 0 Å². The molecule has 0 spiro atoms. The van der Waals surface area contributed by atoms with Crippen LogP contribution in [0.5, 0.6) is 0 Å². The second kappa shape index (κ2) is 8.09. The van der Waals surface area contributed by atoms with Crippen LogP contribution in [0, 0.1) is 12.3 Å². The number of amides is 1. The minimum atomic E-state index is -0.374. The van der Waals surface area contributed by atoms with Crippen LogP contribution in [0.3, 0.4) is 0 Å². The van der Waals surface area contributed by atoms with Gasteiger partial charge in [-0.2, -0.15) is 0 Å². The summed E-state index contributed by atoms with van der Waals surface area (Å²) in [5.74, 6) is 0.836. The molecular weight excluding hydrogens is 352 g/mol. The van der Waals surface area contributed by atoms with Gasteiger partial charge in [-0.1, -0.05) is 26.8 Å². The summed E-state index contributed by atoms with van der Waals surface area (Å²) in [5, 5.41) is 0. The van der Waals surface area contributed by atoms with Crippen LogP contribution in [0.4, 0.5) is 5.82 Å². The highest BCUT2D eigenvalue weighted by atomic mass is 16.2. The Kier molecular flexibility index (Phi) is 5.77. The van der Waals surface area contributed by atoms with Gasteiger partial charge in [-0.15, -0.1) is 0 Å². The van der Waals surface area contributed by atoms with Crippen molar-refractivity contribution < 1.29 is 11.0 Å². The van der Waals surface area contributed by atoms with Gasteiger partial charge in [0.25, 0.3) is 0 Å². The lowest BCUT2D eigenvalue weighted by molar-refractivity contribution is -0.139. The van der Waals surface area contributed by atoms with Crippen molar-refractivity contribution in [3.05, 3.63) is 53.5 Å². The third kappa shape index (κ3) is 4.38. The Balaban J connectivity index is 0.00000300. The first-order valence-corrected chi connectivity index (χ1v) is 9.75. The number of carbonyl (C=O) groups excluding carboxylic acids is 2. The zero-order valence-electron chi connectivity index (χ0n) is 17.1. The number of anilines is 1. The highest BCUT2D eigenvalue weighted by Crippen LogP contribution is 2.21. The molecule has 3 heterocycles. The van der Waals surface area contributed by atoms with Gasteiger partial charge in [0.05, 0.1) is 0 Å². The fourth-order valence-corrected chi connectivity index (χ4v) is 3.41. The molecule has 0 aromatic carbocycles. The first-order valence-electron chi connectivity index (χ1n) is 9.75. The van der Waals surface area contributed by atoms with Gasteiger partial charge in [0.1, 0.15) is 11.5 Å². The molecule has 1 aliphatic heterocycles. The maximum atomic E-state index is 12.8. The van der Waals surface area contributed by atoms with Crippen molar-refractivity contribution in [1.82, 2.24) is 14.9 Å². The summed E-state index contributed by atoms with van der Waals surface area (Å²) in [7, 11) is 0. The first kappa shape index (κ1) is 20.0. The third-order valence-corrected chi connectivity index (χ3v) is 4.97. The van der Waals surface area contributed by atoms with E-state index in [1.165, 1.54) is 0 Å². The van der Waals surface area contributed by atoms with Crippen molar-refractivity contribution in [2.45, 2.75) is 34.1 Å². The quantitative estimate of drug-likeness (QED) is 0.762. The van der Waals surface area contributed by atoms with E-state index in [9.17, 15) is 9.59 Å². The molecule has 28 heavy (non-hydrogen) atoms. The van der Waals surface area contributed by atoms with Crippen LogP contribution in [0.25, 0.3) is 0 Å². The monoisotopic (exact) mass is 382 g/mol. The second-order valence-corrected chi connectivity index (χ2v) is 8.23. The van der Waals surface area contributed by atoms with Crippen molar-refractivity contribution in [2.24, 2.45) is 5.41 Å². The largest absolute Gasteiger partial charge is 0.355 e. The molecule has 2 aromatic rings. The van der Waals surface area contributed by atoms with Gasteiger partial charge in [0.2, 0.25) is 11.7 Å². The predicted octanol–water partition coefficient (Wildman–Crippen LogP) is 3.35. The van der Waals surface area contributed by atoms with Gasteiger partial charge < -0.3 is 9.80 Å². The molecular formula is C22H30N4O2. The normalized spacial score (nSPS) is 15.3. The Hall–Kier alpha value is -2.76. The molecule has 1 aliphatic rings. The lowest BCUT2D eigenvalue weighted by Crippen LogP contribution is -2.41. The molecule has 1 fully saturated rings. The Morgan fingerprint density at radius 1 is 1.04 bits per heavy atom. The lowest BCUT2D eigenvalue weighted by atomic mass is 9.94. The van der Waals surface area contributed by atoms with Crippen LogP contribution in [-0.2, 0) is 4.79 Å². The fraction of sp³-hybridized carbons (Fsp3) is 0.455. The third-order valence-electron chi connectivity index (χ3n) is 4.97. The molecule has 0 bridgehead atoms. The number of rotatable bonds is 3. The molecule has 1 saturated heterocycles. The Morgan fingerprint density at radius 2 is 1.82 bits per heavy atom. The van der Waals surface area contributed by atoms with Crippen LogP contribution in [0.2, 0.25) is 0 Å². The molecule has 0 unspecified atom stereocenters. The molecule has 0 aliphatic carbocycles. The molecule has 0 atom stereocenters. The molecule has 6 heteroatoms. The molecule has 1 amide bonds. The zero-order chi connectivity index (χ0) is 20.3. The summed E-state index contributed by atoms with van der Waals surface area (Å²) in [6.07, 6.45) is 2.56. The van der Waals surface area contributed by atoms with E-state index in [0.29, 0.717) is 30.0 Å². The minimum Gasteiger partial charge on any atom is -0.355 e. The zero-order valence-corrected chi connectivity index (χ0v) is 17.1. The Morgan fingerprint density at radius 3 is 2.54 bits per heavy atom. The van der Waals surface area contributed by atoms with Crippen molar-refractivity contribution in [3.8, 4) is 0 Å². The summed E-state index contributed by atoms with van der Waals surface area (Å²) in [6.45, 7) is 10.6. The van der Waals surface area contributed by atoms with Gasteiger partial charge in [-0.05, 0) is 37.6 Å². The summed E-state index contributed by atoms with van der Waals surface area (Å²) >= 11 is 0. The average molecular weight is 383 g/mol. The number of aromatic nitrogens is 2. The van der Waals surface area contributed by atoms with Gasteiger partial charge >= 0.3 is 0 Å². The summed E-state index contributed by atoms with van der Waals surface area (Å²) in [5.41, 5.74) is 1.32. The van der Waals surface area contributed by atoms with Crippen molar-refractivity contribution in [3.63, 3.8) is 0 Å². The number of aryl methyl sites for hydroxylation is 1. The van der Waals surface area contributed by atoms with E-state index >= 15 is 0 Å². The standard InChI is InChI=1S/C22H28N4O2.H2/c1-16-17(8-6-11-23-16)20(27)18-9-5-10-19(24-18)25-12-7-13-26(15-14-25)21(28)22(2,3)4;/h5-6,8-11H,7,12-15H2,1-4H3;1H. The molecule has 150 valence electrons. The first-order chi connectivity index (χ1) is 13.3. The van der Waals surface area contributed by atoms with Crippen molar-refractivity contribution in [1.29, 1.82) is 0 Å². The van der Waals surface area contributed by atoms with E-state index in [-0.39, 0.29) is 18.5 Å². The molecule has 0 radical (unpaired) electrons. The fourth-order valence-electron chi connectivity index (χ4n) is 3.41. The van der Waals surface area contributed by atoms with Crippen LogP contribution in [0.1, 0.15) is 50.4 Å². The second-order valence-electron chi connectivity index (χ2n) is 8.23. The summed E-state index contributed by atoms with van der Waals surface area (Å²) in [6, 6.07) is 9.07. The average Bonchev–Trinajstić information content (AvgIpc) is 2.93. The van der Waals surface area contributed by atoms with Crippen molar-refractivity contribution in [2.75, 3.05) is 31.1 Å². The van der Waals surface area contributed by atoms with Crippen LogP contribution < -0.4 is 4.90 Å². The SMILES string of the molecule is Cc1ncccc1C(=O)c1cccc(N2CCCN(C(=O)C(C)(C)C)CC2)n1.[HH]. The molecule has 2 aromatic heterocycles. The van der Waals surface area contributed by atoms with Gasteiger partial charge in [-0.3, -0.25) is 14.6 Å². The Bertz CT molecular complexity index is 879. The van der Waals surface area contributed by atoms with E-state index < -0.39 is 0 Å². The number of hydrogen-bond acceptors (Lipinski definition) is 5. The summed E-state index contributed by atoms with van der Waals surface area (Å²) in [4.78, 5) is 38.3. The van der Waals surface area contributed by atoms with Crippen LogP contribution >= 0.6 is 0 Å². The van der Waals surface area contributed by atoms with E-state index in [1.54, 1.807) is 24.4 Å². The molecule has 6 nitrogen and oxygen atoms in total. The minimum absolute atomic E-state index is 0. The smallest absolute Gasteiger partial charge is 0.228 e. The Labute approximate surface area is 168 Å². The molecule has 0 N–H and O–H groups in total. The maximum Gasteiger partial charge on any atom is 0.228 e. The lowest BCUT2D eigenvalue weighted by Gasteiger charge is -2.28. The van der Waals surface area contributed by atoms with Crippen molar-refractivity contribution >= 4 is 17.5 Å². The van der Waals surface area contributed by atoms with Crippen LogP contribution in [-0.4, -0.2) is 52.7 Å². The highest BCUT2D eigenvalue weighted by molar-refractivity contribution is 6.08. The number of pyridine rings is 2. The maximum absolute atomic E-state index is 12.8. The van der Waals surface area contributed by atoms with Crippen LogP contribution in [0.15, 0.2) is 36.5 Å². The molecule has 0 saturated carbocycles. The predicted molar refractivity (Wildman–Crippen MR) is 112 cm³/mol. The number of carbonyl (C=O) groups is 2. The summed E-state index contributed by atoms with van der Waals surface area (Å²) < 4.78 is 0. The topological polar surface area (TPSA) is 66.4 Å². The van der Waals surface area contributed by atoms with Gasteiger partial charge in [0, 0.05) is 50.5 Å². The number of nitrogens with zero attached hydrogens (tertiary/aromatic N) is 4. The molecule has 3 rings (SSSR count). The van der Waals surface area contributed by atoms with E-state index in [0.717, 1.165) is 25.3 Å². The van der Waals surface area contributed by atoms with E-state index in [1.807, 2.05) is 44.7 Å². The van der Waals surface area contributed by atoms with E-state index in [2.05, 4.69) is 14.9 Å². The number of ketones is 1. The van der Waals surface area contributed by atoms with Gasteiger partial charge in [0.15, 0.2) is 0 Å². The number of hydrogen-bond donors (Lipinski definition) is 0. The highest BCUT2D eigenvalue weighted by Gasteiger charge is 2.29.